The molecule has 1 heterocycles. The van der Waals surface area contributed by atoms with Gasteiger partial charge in [-0.2, -0.15) is 0 Å². The van der Waals surface area contributed by atoms with Crippen LogP contribution in [0.25, 0.3) is 0 Å². The number of halogens is 2. The number of anilines is 1. The number of thiazole rings is 1. The van der Waals surface area contributed by atoms with E-state index in [1.165, 1.54) is 11.3 Å². The second-order valence-corrected chi connectivity index (χ2v) is 6.50. The van der Waals surface area contributed by atoms with Crippen LogP contribution in [0.4, 0.5) is 5.13 Å². The topological polar surface area (TPSA) is 38.9 Å². The monoisotopic (exact) mass is 304 g/mol. The number of hydrogen-bond donors (Lipinski definition) is 1. The Balaban J connectivity index is 2.15. The SMILES string of the molecule is Cc1nc(N)sc1SCc1c(Cl)cccc1Cl. The molecule has 6 heteroatoms. The molecule has 2 nitrogen and oxygen atoms in total. The lowest BCUT2D eigenvalue weighted by Crippen LogP contribution is -1.84. The third-order valence-electron chi connectivity index (χ3n) is 2.18. The zero-order valence-electron chi connectivity index (χ0n) is 9.04. The fourth-order valence-electron chi connectivity index (χ4n) is 1.34. The van der Waals surface area contributed by atoms with Crippen molar-refractivity contribution < 1.29 is 0 Å². The molecule has 0 fully saturated rings. The first-order valence-corrected chi connectivity index (χ1v) is 7.42. The van der Waals surface area contributed by atoms with Crippen LogP contribution in [0, 0.1) is 6.92 Å². The van der Waals surface area contributed by atoms with E-state index in [9.17, 15) is 0 Å². The number of nitrogens with two attached hydrogens (primary N) is 1. The highest BCUT2D eigenvalue weighted by Gasteiger charge is 2.10. The van der Waals surface area contributed by atoms with Crippen molar-refractivity contribution >= 4 is 51.4 Å². The lowest BCUT2D eigenvalue weighted by molar-refractivity contribution is 1.21. The average Bonchev–Trinajstić information content (AvgIpc) is 2.57. The van der Waals surface area contributed by atoms with Crippen LogP contribution in [0.2, 0.25) is 10.0 Å². The zero-order valence-corrected chi connectivity index (χ0v) is 12.2. The van der Waals surface area contributed by atoms with E-state index in [4.69, 9.17) is 28.9 Å². The van der Waals surface area contributed by atoms with Gasteiger partial charge in [0.25, 0.3) is 0 Å². The highest BCUT2D eigenvalue weighted by Crippen LogP contribution is 2.36. The predicted octanol–water partition coefficient (Wildman–Crippen LogP) is 4.63. The third kappa shape index (κ3) is 3.07. The number of aromatic nitrogens is 1. The van der Waals surface area contributed by atoms with Crippen LogP contribution < -0.4 is 5.73 Å². The van der Waals surface area contributed by atoms with Gasteiger partial charge in [-0.05, 0) is 24.6 Å². The molecule has 2 N–H and O–H groups in total. The van der Waals surface area contributed by atoms with E-state index in [-0.39, 0.29) is 0 Å². The Morgan fingerprint density at radius 3 is 2.53 bits per heavy atom. The molecule has 0 saturated carbocycles. The number of nitrogen functional groups attached to an aromatic ring is 1. The zero-order chi connectivity index (χ0) is 12.4. The molecule has 90 valence electrons. The highest BCUT2D eigenvalue weighted by molar-refractivity contribution is 8.00. The molecule has 2 rings (SSSR count). The van der Waals surface area contributed by atoms with E-state index in [1.54, 1.807) is 11.8 Å². The Morgan fingerprint density at radius 1 is 1.35 bits per heavy atom. The van der Waals surface area contributed by atoms with Crippen LogP contribution in [0.5, 0.6) is 0 Å². The van der Waals surface area contributed by atoms with Gasteiger partial charge in [0.1, 0.15) is 0 Å². The Morgan fingerprint density at radius 2 is 2.00 bits per heavy atom. The molecule has 0 bridgehead atoms. The molecule has 1 aromatic carbocycles. The Bertz CT molecular complexity index is 520. The van der Waals surface area contributed by atoms with Gasteiger partial charge < -0.3 is 5.73 Å². The van der Waals surface area contributed by atoms with Gasteiger partial charge in [-0.15, -0.1) is 11.8 Å². The minimum absolute atomic E-state index is 0.593. The Labute approximate surface area is 118 Å². The lowest BCUT2D eigenvalue weighted by atomic mass is 10.2. The third-order valence-corrected chi connectivity index (χ3v) is 5.26. The maximum Gasteiger partial charge on any atom is 0.181 e. The van der Waals surface area contributed by atoms with Crippen molar-refractivity contribution in [1.29, 1.82) is 0 Å². The summed E-state index contributed by atoms with van der Waals surface area (Å²) in [6, 6.07) is 5.53. The summed E-state index contributed by atoms with van der Waals surface area (Å²) in [6.45, 7) is 1.95. The number of nitrogens with zero attached hydrogens (tertiary/aromatic N) is 1. The van der Waals surface area contributed by atoms with Gasteiger partial charge in [-0.25, -0.2) is 4.98 Å². The molecule has 1 aromatic heterocycles. The van der Waals surface area contributed by atoms with Crippen LogP contribution in [-0.2, 0) is 5.75 Å². The maximum absolute atomic E-state index is 6.11. The molecular formula is C11H10Cl2N2S2. The molecule has 2 aromatic rings. The van der Waals surface area contributed by atoms with Crippen molar-refractivity contribution in [2.45, 2.75) is 16.9 Å². The molecule has 17 heavy (non-hydrogen) atoms. The molecule has 0 radical (unpaired) electrons. The van der Waals surface area contributed by atoms with Crippen LogP contribution in [0.1, 0.15) is 11.3 Å². The van der Waals surface area contributed by atoms with E-state index in [2.05, 4.69) is 4.98 Å². The van der Waals surface area contributed by atoms with E-state index in [1.807, 2.05) is 25.1 Å². The van der Waals surface area contributed by atoms with Crippen LogP contribution in [0.15, 0.2) is 22.4 Å². The normalized spacial score (nSPS) is 10.8. The molecule has 0 spiro atoms. The minimum atomic E-state index is 0.593. The Kier molecular flexibility index (Phi) is 4.20. The summed E-state index contributed by atoms with van der Waals surface area (Å²) in [7, 11) is 0. The second-order valence-electron chi connectivity index (χ2n) is 3.41. The van der Waals surface area contributed by atoms with Crippen LogP contribution in [-0.4, -0.2) is 4.98 Å². The summed E-state index contributed by atoms with van der Waals surface area (Å²) in [6.07, 6.45) is 0. The predicted molar refractivity (Wildman–Crippen MR) is 77.3 cm³/mol. The summed E-state index contributed by atoms with van der Waals surface area (Å²) in [5.74, 6) is 0.723. The molecular weight excluding hydrogens is 295 g/mol. The molecule has 0 atom stereocenters. The quantitative estimate of drug-likeness (QED) is 0.840. The van der Waals surface area contributed by atoms with Gasteiger partial charge in [0.05, 0.1) is 9.90 Å². The fourth-order valence-corrected chi connectivity index (χ4v) is 4.11. The lowest BCUT2D eigenvalue weighted by Gasteiger charge is -2.05. The summed E-state index contributed by atoms with van der Waals surface area (Å²) in [5.41, 5.74) is 7.56. The van der Waals surface area contributed by atoms with E-state index in [0.717, 1.165) is 21.2 Å². The molecule has 0 amide bonds. The number of rotatable bonds is 3. The van der Waals surface area contributed by atoms with Gasteiger partial charge in [-0.1, -0.05) is 40.6 Å². The number of thioether (sulfide) groups is 1. The fraction of sp³-hybridized carbons (Fsp3) is 0.182. The van der Waals surface area contributed by atoms with Gasteiger partial charge in [0.2, 0.25) is 0 Å². The number of hydrogen-bond acceptors (Lipinski definition) is 4. The number of aryl methyl sites for hydroxylation is 1. The molecule has 0 aliphatic rings. The Hall–Kier alpha value is -0.420. The first-order chi connectivity index (χ1) is 8.08. The number of benzene rings is 1. The van der Waals surface area contributed by atoms with Crippen molar-refractivity contribution in [2.75, 3.05) is 5.73 Å². The summed E-state index contributed by atoms with van der Waals surface area (Å²) in [4.78, 5) is 4.18. The van der Waals surface area contributed by atoms with Crippen molar-refractivity contribution in [3.8, 4) is 0 Å². The van der Waals surface area contributed by atoms with Gasteiger partial charge in [0, 0.05) is 15.8 Å². The van der Waals surface area contributed by atoms with Crippen molar-refractivity contribution in [2.24, 2.45) is 0 Å². The minimum Gasteiger partial charge on any atom is -0.375 e. The maximum atomic E-state index is 6.11. The van der Waals surface area contributed by atoms with Crippen LogP contribution >= 0.6 is 46.3 Å². The molecule has 0 aliphatic carbocycles. The first kappa shape index (κ1) is 13.0. The standard InChI is InChI=1S/C11H10Cl2N2S2/c1-6-10(17-11(14)15-6)16-5-7-8(12)3-2-4-9(7)13/h2-4H,5H2,1H3,(H2,14,15). The van der Waals surface area contributed by atoms with Crippen molar-refractivity contribution in [3.63, 3.8) is 0 Å². The molecule has 0 saturated heterocycles. The first-order valence-electron chi connectivity index (χ1n) is 4.86. The van der Waals surface area contributed by atoms with Gasteiger partial charge >= 0.3 is 0 Å². The van der Waals surface area contributed by atoms with E-state index >= 15 is 0 Å². The second kappa shape index (κ2) is 5.48. The van der Waals surface area contributed by atoms with Crippen molar-refractivity contribution in [3.05, 3.63) is 39.5 Å². The highest BCUT2D eigenvalue weighted by atomic mass is 35.5. The summed E-state index contributed by atoms with van der Waals surface area (Å²) in [5, 5.41) is 1.98. The summed E-state index contributed by atoms with van der Waals surface area (Å²) >= 11 is 15.4. The van der Waals surface area contributed by atoms with E-state index in [0.29, 0.717) is 15.2 Å². The summed E-state index contributed by atoms with van der Waals surface area (Å²) < 4.78 is 1.11. The molecule has 0 aliphatic heterocycles. The van der Waals surface area contributed by atoms with Crippen LogP contribution in [0.3, 0.4) is 0 Å². The smallest absolute Gasteiger partial charge is 0.181 e. The van der Waals surface area contributed by atoms with Crippen molar-refractivity contribution in [1.82, 2.24) is 4.98 Å². The van der Waals surface area contributed by atoms with E-state index < -0.39 is 0 Å². The molecule has 0 unspecified atom stereocenters. The average molecular weight is 305 g/mol. The van der Waals surface area contributed by atoms with Gasteiger partial charge in [0.15, 0.2) is 5.13 Å². The van der Waals surface area contributed by atoms with Gasteiger partial charge in [-0.3, -0.25) is 0 Å². The largest absolute Gasteiger partial charge is 0.375 e.